The number of para-hydroxylation sites is 1. The number of furan rings is 1. The molecule has 5 rings (SSSR count). The van der Waals surface area contributed by atoms with Crippen molar-refractivity contribution in [2.24, 2.45) is 0 Å². The molecule has 0 radical (unpaired) electrons. The van der Waals surface area contributed by atoms with Gasteiger partial charge in [0, 0.05) is 28.9 Å². The Labute approximate surface area is 220 Å². The summed E-state index contributed by atoms with van der Waals surface area (Å²) in [6.45, 7) is 5.00. The van der Waals surface area contributed by atoms with Crippen LogP contribution in [0.3, 0.4) is 0 Å². The number of anilines is 1. The first-order chi connectivity index (χ1) is 17.9. The van der Waals surface area contributed by atoms with Crippen LogP contribution in [0.1, 0.15) is 49.9 Å². The number of thiazole rings is 1. The van der Waals surface area contributed by atoms with Gasteiger partial charge in [-0.25, -0.2) is 13.4 Å². The van der Waals surface area contributed by atoms with Crippen molar-refractivity contribution in [2.75, 3.05) is 18.5 Å². The number of nitrogens with one attached hydrogen (secondary N) is 1. The average Bonchev–Trinajstić information content (AvgIpc) is 3.56. The maximum absolute atomic E-state index is 13.2. The summed E-state index contributed by atoms with van der Waals surface area (Å²) in [5, 5.41) is 5.93. The van der Waals surface area contributed by atoms with Crippen LogP contribution in [0, 0.1) is 0 Å². The molecule has 0 saturated carbocycles. The standard InChI is InChI=1S/C27H29N3O5S2/c1-3-20-9-5-6-15-30(20)37(32,33)21-13-11-18(12-14-21)26(31)29-27-28-22(17-36-27)24-16-19-8-7-10-23(34-4-2)25(19)35-24/h7-8,10-14,16-17,20H,3-6,9,15H2,1-2H3,(H,28,29,31)/t20-/m1/s1. The van der Waals surface area contributed by atoms with Crippen LogP contribution in [0.5, 0.6) is 5.75 Å². The zero-order chi connectivity index (χ0) is 26.0. The van der Waals surface area contributed by atoms with E-state index in [1.807, 2.05) is 43.5 Å². The number of carbonyl (C=O) groups excluding carboxylic acids is 1. The Morgan fingerprint density at radius 3 is 2.76 bits per heavy atom. The van der Waals surface area contributed by atoms with E-state index < -0.39 is 10.0 Å². The second-order valence-corrected chi connectivity index (χ2v) is 11.7. The van der Waals surface area contributed by atoms with E-state index in [0.717, 1.165) is 31.1 Å². The van der Waals surface area contributed by atoms with Crippen molar-refractivity contribution in [2.45, 2.75) is 50.5 Å². The Kier molecular flexibility index (Phi) is 7.32. The number of rotatable bonds is 8. The highest BCUT2D eigenvalue weighted by Crippen LogP contribution is 2.35. The minimum atomic E-state index is -3.60. The van der Waals surface area contributed by atoms with Gasteiger partial charge in [-0.15, -0.1) is 11.3 Å². The fraction of sp³-hybridized carbons (Fsp3) is 0.333. The number of sulfonamides is 1. The number of ether oxygens (including phenoxy) is 1. The number of piperidine rings is 1. The summed E-state index contributed by atoms with van der Waals surface area (Å²) < 4.78 is 39.6. The van der Waals surface area contributed by atoms with Crippen molar-refractivity contribution in [3.05, 3.63) is 59.5 Å². The van der Waals surface area contributed by atoms with Crippen LogP contribution in [0.4, 0.5) is 5.13 Å². The molecule has 1 amide bonds. The summed E-state index contributed by atoms with van der Waals surface area (Å²) in [6, 6.07) is 13.7. The molecule has 2 aromatic heterocycles. The second kappa shape index (κ2) is 10.6. The third kappa shape index (κ3) is 5.14. The molecule has 1 aliphatic heterocycles. The van der Waals surface area contributed by atoms with Gasteiger partial charge in [0.05, 0.1) is 11.5 Å². The van der Waals surface area contributed by atoms with Crippen LogP contribution in [0.25, 0.3) is 22.4 Å². The van der Waals surface area contributed by atoms with Crippen LogP contribution in [0.2, 0.25) is 0 Å². The summed E-state index contributed by atoms with van der Waals surface area (Å²) in [6.07, 6.45) is 3.59. The zero-order valence-electron chi connectivity index (χ0n) is 20.8. The van der Waals surface area contributed by atoms with Crippen molar-refractivity contribution in [3.63, 3.8) is 0 Å². The molecule has 0 bridgehead atoms. The third-order valence-corrected chi connectivity index (χ3v) is 9.28. The van der Waals surface area contributed by atoms with Crippen molar-refractivity contribution in [1.82, 2.24) is 9.29 Å². The Balaban J connectivity index is 1.29. The quantitative estimate of drug-likeness (QED) is 0.288. The Hall–Kier alpha value is -3.21. The molecule has 0 aliphatic carbocycles. The number of nitrogens with zero attached hydrogens (tertiary/aromatic N) is 2. The molecule has 194 valence electrons. The molecular weight excluding hydrogens is 510 g/mol. The first kappa shape index (κ1) is 25.4. The normalized spacial score (nSPS) is 16.6. The van der Waals surface area contributed by atoms with Gasteiger partial charge >= 0.3 is 0 Å². The third-order valence-electron chi connectivity index (χ3n) is 6.55. The molecule has 0 spiro atoms. The maximum atomic E-state index is 13.2. The van der Waals surface area contributed by atoms with Gasteiger partial charge in [-0.2, -0.15) is 4.31 Å². The lowest BCUT2D eigenvalue weighted by molar-refractivity contribution is 0.102. The molecule has 1 fully saturated rings. The molecule has 0 unspecified atom stereocenters. The van der Waals surface area contributed by atoms with Crippen molar-refractivity contribution >= 4 is 43.4 Å². The lowest BCUT2D eigenvalue weighted by Crippen LogP contribution is -2.43. The van der Waals surface area contributed by atoms with E-state index in [9.17, 15) is 13.2 Å². The smallest absolute Gasteiger partial charge is 0.257 e. The summed E-state index contributed by atoms with van der Waals surface area (Å²) in [7, 11) is -3.60. The summed E-state index contributed by atoms with van der Waals surface area (Å²) in [5.74, 6) is 0.889. The van der Waals surface area contributed by atoms with Gasteiger partial charge in [0.25, 0.3) is 5.91 Å². The molecule has 2 aromatic carbocycles. The number of hydrogen-bond acceptors (Lipinski definition) is 7. The Morgan fingerprint density at radius 1 is 1.19 bits per heavy atom. The van der Waals surface area contributed by atoms with E-state index >= 15 is 0 Å². The fourth-order valence-corrected chi connectivity index (χ4v) is 7.12. The van der Waals surface area contributed by atoms with Gasteiger partial charge in [-0.1, -0.05) is 25.5 Å². The van der Waals surface area contributed by atoms with Gasteiger partial charge < -0.3 is 9.15 Å². The first-order valence-electron chi connectivity index (χ1n) is 12.4. The molecule has 1 N–H and O–H groups in total. The maximum Gasteiger partial charge on any atom is 0.257 e. The van der Waals surface area contributed by atoms with E-state index in [1.165, 1.54) is 35.6 Å². The minimum Gasteiger partial charge on any atom is -0.490 e. The number of carbonyl (C=O) groups is 1. The molecule has 10 heteroatoms. The van der Waals surface area contributed by atoms with Crippen LogP contribution < -0.4 is 10.1 Å². The molecule has 8 nitrogen and oxygen atoms in total. The molecule has 3 heterocycles. The van der Waals surface area contributed by atoms with E-state index in [0.29, 0.717) is 46.6 Å². The molecule has 37 heavy (non-hydrogen) atoms. The topological polar surface area (TPSA) is 102 Å². The van der Waals surface area contributed by atoms with E-state index in [4.69, 9.17) is 9.15 Å². The van der Waals surface area contributed by atoms with Crippen LogP contribution >= 0.6 is 11.3 Å². The predicted molar refractivity (Wildman–Crippen MR) is 145 cm³/mol. The zero-order valence-corrected chi connectivity index (χ0v) is 22.4. The first-order valence-corrected chi connectivity index (χ1v) is 14.8. The Bertz CT molecular complexity index is 1510. The lowest BCUT2D eigenvalue weighted by Gasteiger charge is -2.34. The van der Waals surface area contributed by atoms with Gasteiger partial charge in [0.15, 0.2) is 22.2 Å². The second-order valence-electron chi connectivity index (χ2n) is 8.91. The molecule has 4 aromatic rings. The highest BCUT2D eigenvalue weighted by Gasteiger charge is 2.32. The van der Waals surface area contributed by atoms with E-state index in [1.54, 1.807) is 4.31 Å². The molecule has 1 atom stereocenters. The molecule has 1 aliphatic rings. The van der Waals surface area contributed by atoms with E-state index in [2.05, 4.69) is 10.3 Å². The highest BCUT2D eigenvalue weighted by atomic mass is 32.2. The largest absolute Gasteiger partial charge is 0.490 e. The fourth-order valence-electron chi connectivity index (χ4n) is 4.66. The predicted octanol–water partition coefficient (Wildman–Crippen LogP) is 6.16. The van der Waals surface area contributed by atoms with Gasteiger partial charge in [-0.3, -0.25) is 10.1 Å². The lowest BCUT2D eigenvalue weighted by atomic mass is 10.0. The monoisotopic (exact) mass is 539 g/mol. The summed E-state index contributed by atoms with van der Waals surface area (Å²) >= 11 is 1.28. The van der Waals surface area contributed by atoms with Crippen molar-refractivity contribution in [3.8, 4) is 17.2 Å². The minimum absolute atomic E-state index is 0.0262. The van der Waals surface area contributed by atoms with Crippen LogP contribution in [-0.2, 0) is 10.0 Å². The van der Waals surface area contributed by atoms with Crippen LogP contribution in [-0.4, -0.2) is 42.8 Å². The summed E-state index contributed by atoms with van der Waals surface area (Å²) in [5.41, 5.74) is 1.61. The number of amides is 1. The average molecular weight is 540 g/mol. The van der Waals surface area contributed by atoms with Gasteiger partial charge in [0.2, 0.25) is 10.0 Å². The van der Waals surface area contributed by atoms with Gasteiger partial charge in [-0.05, 0) is 62.6 Å². The highest BCUT2D eigenvalue weighted by molar-refractivity contribution is 7.89. The summed E-state index contributed by atoms with van der Waals surface area (Å²) in [4.78, 5) is 17.5. The van der Waals surface area contributed by atoms with Crippen molar-refractivity contribution in [1.29, 1.82) is 0 Å². The number of benzene rings is 2. The van der Waals surface area contributed by atoms with Crippen molar-refractivity contribution < 1.29 is 22.4 Å². The van der Waals surface area contributed by atoms with Crippen LogP contribution in [0.15, 0.2) is 63.2 Å². The molecular formula is C27H29N3O5S2. The number of hydrogen-bond donors (Lipinski definition) is 1. The molecule has 1 saturated heterocycles. The van der Waals surface area contributed by atoms with Gasteiger partial charge in [0.1, 0.15) is 5.69 Å². The Morgan fingerprint density at radius 2 is 2.00 bits per heavy atom. The number of aromatic nitrogens is 1. The number of fused-ring (bicyclic) bond motifs is 1. The van der Waals surface area contributed by atoms with E-state index in [-0.39, 0.29) is 16.8 Å². The SMILES string of the molecule is CCOc1cccc2cc(-c3csc(NC(=O)c4ccc(S(=O)(=O)N5CCCC[C@H]5CC)cc4)n3)oc12.